The molecule has 1 aliphatic heterocycles. The highest BCUT2D eigenvalue weighted by Gasteiger charge is 2.32. The van der Waals surface area contributed by atoms with Crippen molar-refractivity contribution < 1.29 is 22.8 Å². The Balaban J connectivity index is 1.73. The Morgan fingerprint density at radius 2 is 1.89 bits per heavy atom. The van der Waals surface area contributed by atoms with E-state index in [1.54, 1.807) is 18.3 Å². The number of nitrogens with one attached hydrogen (secondary N) is 2. The van der Waals surface area contributed by atoms with Gasteiger partial charge in [-0.3, -0.25) is 14.4 Å². The Bertz CT molecular complexity index is 1400. The minimum atomic E-state index is -3.29. The van der Waals surface area contributed by atoms with Gasteiger partial charge < -0.3 is 15.2 Å². The molecule has 35 heavy (non-hydrogen) atoms. The smallest absolute Gasteiger partial charge is 0.224 e. The number of hydrogen-bond donors (Lipinski definition) is 2. The lowest BCUT2D eigenvalue weighted by Gasteiger charge is -2.26. The zero-order chi connectivity index (χ0) is 25.2. The number of fused-ring (bicyclic) bond motifs is 1. The molecule has 0 unspecified atom stereocenters. The number of amides is 2. The van der Waals surface area contributed by atoms with E-state index in [0.29, 0.717) is 29.2 Å². The SMILES string of the molecule is CC(=O)Nc1cc(-c2[nH]c3c(c2Cc2ccccc2)C(=O)CN(C(=O)CCS(C)(=O)=O)C3)ccn1. The number of benzene rings is 1. The maximum absolute atomic E-state index is 13.3. The molecule has 0 bridgehead atoms. The topological polar surface area (TPSA) is 129 Å². The number of H-pyrrole nitrogens is 1. The van der Waals surface area contributed by atoms with Crippen LogP contribution in [-0.2, 0) is 32.4 Å². The van der Waals surface area contributed by atoms with E-state index >= 15 is 0 Å². The maximum Gasteiger partial charge on any atom is 0.224 e. The number of pyridine rings is 1. The lowest BCUT2D eigenvalue weighted by molar-refractivity contribution is -0.131. The highest BCUT2D eigenvalue weighted by Crippen LogP contribution is 2.34. The second kappa shape index (κ2) is 9.83. The minimum Gasteiger partial charge on any atom is -0.356 e. The van der Waals surface area contributed by atoms with Gasteiger partial charge in [0.05, 0.1) is 24.5 Å². The van der Waals surface area contributed by atoms with Crippen LogP contribution >= 0.6 is 0 Å². The Morgan fingerprint density at radius 1 is 1.14 bits per heavy atom. The lowest BCUT2D eigenvalue weighted by Crippen LogP contribution is -2.40. The van der Waals surface area contributed by atoms with Crippen molar-refractivity contribution in [2.24, 2.45) is 0 Å². The first-order valence-electron chi connectivity index (χ1n) is 11.1. The maximum atomic E-state index is 13.3. The van der Waals surface area contributed by atoms with Crippen molar-refractivity contribution in [1.29, 1.82) is 0 Å². The third-order valence-electron chi connectivity index (χ3n) is 5.76. The molecule has 1 aliphatic rings. The quantitative estimate of drug-likeness (QED) is 0.519. The number of aromatic amines is 1. The molecular formula is C25H26N4O5S. The van der Waals surface area contributed by atoms with Gasteiger partial charge >= 0.3 is 0 Å². The fourth-order valence-corrected chi connectivity index (χ4v) is 4.76. The number of nitrogens with zero attached hydrogens (tertiary/aromatic N) is 2. The van der Waals surface area contributed by atoms with Gasteiger partial charge in [-0.05, 0) is 23.3 Å². The van der Waals surface area contributed by atoms with Crippen LogP contribution in [0.15, 0.2) is 48.7 Å². The zero-order valence-corrected chi connectivity index (χ0v) is 20.3. The van der Waals surface area contributed by atoms with Crippen molar-refractivity contribution in [2.75, 3.05) is 23.9 Å². The van der Waals surface area contributed by atoms with Gasteiger partial charge in [-0.15, -0.1) is 0 Å². The van der Waals surface area contributed by atoms with Gasteiger partial charge in [0.25, 0.3) is 0 Å². The first-order chi connectivity index (χ1) is 16.6. The second-order valence-corrected chi connectivity index (χ2v) is 10.9. The number of anilines is 1. The van der Waals surface area contributed by atoms with E-state index < -0.39 is 9.84 Å². The van der Waals surface area contributed by atoms with Gasteiger partial charge in [0.15, 0.2) is 5.78 Å². The van der Waals surface area contributed by atoms with Crippen molar-refractivity contribution >= 4 is 33.3 Å². The molecule has 0 spiro atoms. The van der Waals surface area contributed by atoms with E-state index in [4.69, 9.17) is 0 Å². The van der Waals surface area contributed by atoms with Crippen LogP contribution in [0.4, 0.5) is 5.82 Å². The molecule has 0 radical (unpaired) electrons. The van der Waals surface area contributed by atoms with E-state index in [2.05, 4.69) is 15.3 Å². The number of carbonyl (C=O) groups is 3. The van der Waals surface area contributed by atoms with E-state index in [9.17, 15) is 22.8 Å². The Hall–Kier alpha value is -3.79. The molecule has 9 nitrogen and oxygen atoms in total. The van der Waals surface area contributed by atoms with Gasteiger partial charge in [0.1, 0.15) is 15.7 Å². The summed E-state index contributed by atoms with van der Waals surface area (Å²) in [4.78, 5) is 46.3. The molecule has 182 valence electrons. The van der Waals surface area contributed by atoms with Gasteiger partial charge in [-0.1, -0.05) is 30.3 Å². The van der Waals surface area contributed by atoms with Crippen LogP contribution in [0.2, 0.25) is 0 Å². The molecule has 0 saturated heterocycles. The predicted octanol–water partition coefficient (Wildman–Crippen LogP) is 2.59. The summed E-state index contributed by atoms with van der Waals surface area (Å²) >= 11 is 0. The van der Waals surface area contributed by atoms with Crippen LogP contribution in [0, 0.1) is 0 Å². The molecule has 3 aromatic rings. The molecule has 0 saturated carbocycles. The lowest BCUT2D eigenvalue weighted by atomic mass is 9.93. The first-order valence-corrected chi connectivity index (χ1v) is 13.2. The normalized spacial score (nSPS) is 13.4. The minimum absolute atomic E-state index is 0.109. The molecule has 2 amide bonds. The number of rotatable bonds is 7. The van der Waals surface area contributed by atoms with Gasteiger partial charge in [-0.25, -0.2) is 13.4 Å². The number of carbonyl (C=O) groups excluding carboxylic acids is 3. The van der Waals surface area contributed by atoms with Crippen LogP contribution in [0.25, 0.3) is 11.3 Å². The molecule has 3 heterocycles. The van der Waals surface area contributed by atoms with E-state index in [0.717, 1.165) is 22.9 Å². The molecule has 0 atom stereocenters. The molecule has 0 aliphatic carbocycles. The second-order valence-electron chi connectivity index (χ2n) is 8.66. The molecule has 4 rings (SSSR count). The summed E-state index contributed by atoms with van der Waals surface area (Å²) < 4.78 is 23.0. The molecule has 2 N–H and O–H groups in total. The van der Waals surface area contributed by atoms with E-state index in [1.165, 1.54) is 11.8 Å². The average molecular weight is 495 g/mol. The fourth-order valence-electron chi connectivity index (χ4n) is 4.22. The summed E-state index contributed by atoms with van der Waals surface area (Å²) in [6.07, 6.45) is 2.98. The molecule has 2 aromatic heterocycles. The van der Waals surface area contributed by atoms with Crippen LogP contribution < -0.4 is 5.32 Å². The Labute approximate surface area is 203 Å². The van der Waals surface area contributed by atoms with Gasteiger partial charge in [-0.2, -0.15) is 0 Å². The van der Waals surface area contributed by atoms with Crippen molar-refractivity contribution in [3.05, 3.63) is 71.0 Å². The Kier molecular flexibility index (Phi) is 6.83. The van der Waals surface area contributed by atoms with Crippen molar-refractivity contribution in [1.82, 2.24) is 14.9 Å². The molecule has 0 fully saturated rings. The van der Waals surface area contributed by atoms with Crippen molar-refractivity contribution in [2.45, 2.75) is 26.3 Å². The summed E-state index contributed by atoms with van der Waals surface area (Å²) in [5, 5.41) is 2.67. The van der Waals surface area contributed by atoms with Crippen molar-refractivity contribution in [3.8, 4) is 11.3 Å². The third kappa shape index (κ3) is 5.83. The summed E-state index contributed by atoms with van der Waals surface area (Å²) in [5.41, 5.74) is 4.44. The average Bonchev–Trinajstić information content (AvgIpc) is 3.16. The fraction of sp³-hybridized carbons (Fsp3) is 0.280. The van der Waals surface area contributed by atoms with E-state index in [-0.39, 0.29) is 42.9 Å². The Morgan fingerprint density at radius 3 is 2.57 bits per heavy atom. The molecule has 10 heteroatoms. The number of aromatic nitrogens is 2. The third-order valence-corrected chi connectivity index (χ3v) is 6.71. The van der Waals surface area contributed by atoms with Crippen LogP contribution in [0.3, 0.4) is 0 Å². The van der Waals surface area contributed by atoms with Gasteiger partial charge in [0, 0.05) is 49.0 Å². The van der Waals surface area contributed by atoms with E-state index in [1.807, 2.05) is 30.3 Å². The number of Topliss-reactive ketones (excluding diaryl/α,β-unsaturated/α-hetero) is 1. The summed E-state index contributed by atoms with van der Waals surface area (Å²) in [6.45, 7) is 1.47. The zero-order valence-electron chi connectivity index (χ0n) is 19.5. The highest BCUT2D eigenvalue weighted by atomic mass is 32.2. The largest absolute Gasteiger partial charge is 0.356 e. The summed E-state index contributed by atoms with van der Waals surface area (Å²) in [5.74, 6) is -0.710. The summed E-state index contributed by atoms with van der Waals surface area (Å²) in [7, 11) is -3.29. The molecule has 1 aromatic carbocycles. The van der Waals surface area contributed by atoms with Gasteiger partial charge in [0.2, 0.25) is 11.8 Å². The van der Waals surface area contributed by atoms with Crippen LogP contribution in [-0.4, -0.2) is 59.4 Å². The predicted molar refractivity (Wildman–Crippen MR) is 132 cm³/mol. The van der Waals surface area contributed by atoms with Crippen LogP contribution in [0.1, 0.15) is 40.5 Å². The standard InChI is InChI=1S/C25H26N4O5S/c1-16(30)27-22-13-18(8-10-26-22)25-19(12-17-6-4-3-5-7-17)24-20(28-25)14-29(15-21(24)31)23(32)9-11-35(2,33)34/h3-8,10,13,28H,9,11-12,14-15H2,1-2H3,(H,26,27,30). The monoisotopic (exact) mass is 494 g/mol. The number of hydrogen-bond acceptors (Lipinski definition) is 6. The van der Waals surface area contributed by atoms with Crippen molar-refractivity contribution in [3.63, 3.8) is 0 Å². The number of sulfone groups is 1. The first kappa shape index (κ1) is 24.3. The molecular weight excluding hydrogens is 468 g/mol. The number of ketones is 1. The van der Waals surface area contributed by atoms with Crippen LogP contribution in [0.5, 0.6) is 0 Å². The summed E-state index contributed by atoms with van der Waals surface area (Å²) in [6, 6.07) is 13.3. The highest BCUT2D eigenvalue weighted by molar-refractivity contribution is 7.90.